The van der Waals surface area contributed by atoms with Crippen molar-refractivity contribution in [3.8, 4) is 5.69 Å². The Kier molecular flexibility index (Phi) is 5.21. The van der Waals surface area contributed by atoms with Crippen molar-refractivity contribution in [1.82, 2.24) is 19.6 Å². The molecule has 8 nitrogen and oxygen atoms in total. The van der Waals surface area contributed by atoms with Crippen molar-refractivity contribution >= 4 is 28.5 Å². The van der Waals surface area contributed by atoms with Crippen LogP contribution in [0.2, 0.25) is 5.02 Å². The molecule has 26 heavy (non-hydrogen) atoms. The minimum atomic E-state index is -2.34. The molecule has 2 aromatic heterocycles. The van der Waals surface area contributed by atoms with Gasteiger partial charge in [0, 0.05) is 36.5 Å². The summed E-state index contributed by atoms with van der Waals surface area (Å²) < 4.78 is 25.0. The first kappa shape index (κ1) is 18.3. The molecule has 0 saturated heterocycles. The molecular formula is C16H14ClN4O4S-. The fourth-order valence-electron chi connectivity index (χ4n) is 2.62. The summed E-state index contributed by atoms with van der Waals surface area (Å²) in [7, 11) is 0. The number of ketones is 1. The number of carbonyl (C=O) groups excluding carboxylic acids is 1. The predicted octanol–water partition coefficient (Wildman–Crippen LogP) is 1.65. The summed E-state index contributed by atoms with van der Waals surface area (Å²) >= 11 is 4.08. The van der Waals surface area contributed by atoms with Crippen molar-refractivity contribution < 1.29 is 13.6 Å². The summed E-state index contributed by atoms with van der Waals surface area (Å²) in [6, 6.07) is 4.56. The third kappa shape index (κ3) is 3.28. The number of aryl methyl sites for hydroxylation is 1. The van der Waals surface area contributed by atoms with E-state index in [0.717, 1.165) is 0 Å². The van der Waals surface area contributed by atoms with Gasteiger partial charge in [-0.05, 0) is 24.6 Å². The number of aromatic amines is 1. The SMILES string of the molecule is CCn1[nH]cc(C(=O)c2ccc(CS(=O)[O-])c(-n3cccn3)c2Cl)c1=O. The minimum Gasteiger partial charge on any atom is -0.772 e. The minimum absolute atomic E-state index is 0.0327. The summed E-state index contributed by atoms with van der Waals surface area (Å²) in [5.41, 5.74) is 0.290. The van der Waals surface area contributed by atoms with Crippen molar-refractivity contribution in [2.45, 2.75) is 19.2 Å². The number of nitrogens with zero attached hydrogens (tertiary/aromatic N) is 3. The monoisotopic (exact) mass is 393 g/mol. The van der Waals surface area contributed by atoms with Crippen LogP contribution in [0.4, 0.5) is 0 Å². The van der Waals surface area contributed by atoms with E-state index in [1.165, 1.54) is 33.9 Å². The lowest BCUT2D eigenvalue weighted by Crippen LogP contribution is -2.21. The summed E-state index contributed by atoms with van der Waals surface area (Å²) in [5, 5.41) is 6.82. The first-order valence-electron chi connectivity index (χ1n) is 7.64. The molecule has 0 spiro atoms. The smallest absolute Gasteiger partial charge is 0.277 e. The lowest BCUT2D eigenvalue weighted by Gasteiger charge is -2.15. The van der Waals surface area contributed by atoms with Crippen molar-refractivity contribution in [3.05, 3.63) is 68.9 Å². The molecule has 0 radical (unpaired) electrons. The Morgan fingerprint density at radius 2 is 2.15 bits per heavy atom. The second-order valence-corrected chi connectivity index (χ2v) is 6.67. The number of rotatable bonds is 6. The summed E-state index contributed by atoms with van der Waals surface area (Å²) in [5.74, 6) is -0.831. The maximum Gasteiger partial charge on any atom is 0.277 e. The predicted molar refractivity (Wildman–Crippen MR) is 95.4 cm³/mol. The maximum atomic E-state index is 12.8. The Morgan fingerprint density at radius 3 is 2.73 bits per heavy atom. The number of halogens is 1. The fraction of sp³-hybridized carbons (Fsp3) is 0.188. The highest BCUT2D eigenvalue weighted by atomic mass is 35.5. The van der Waals surface area contributed by atoms with Crippen molar-refractivity contribution in [2.24, 2.45) is 0 Å². The van der Waals surface area contributed by atoms with Crippen LogP contribution in [-0.2, 0) is 23.4 Å². The average molecular weight is 394 g/mol. The Bertz CT molecular complexity index is 1040. The van der Waals surface area contributed by atoms with E-state index in [-0.39, 0.29) is 27.6 Å². The van der Waals surface area contributed by atoms with Crippen molar-refractivity contribution in [2.75, 3.05) is 0 Å². The molecule has 1 N–H and O–H groups in total. The first-order chi connectivity index (χ1) is 12.4. The van der Waals surface area contributed by atoms with E-state index in [9.17, 15) is 18.4 Å². The molecule has 0 saturated carbocycles. The Morgan fingerprint density at radius 1 is 1.38 bits per heavy atom. The molecule has 10 heteroatoms. The van der Waals surface area contributed by atoms with E-state index in [1.54, 1.807) is 19.2 Å². The topological polar surface area (TPSA) is 113 Å². The quantitative estimate of drug-likeness (QED) is 0.505. The molecule has 3 aromatic rings. The van der Waals surface area contributed by atoms with Crippen molar-refractivity contribution in [1.29, 1.82) is 0 Å². The summed E-state index contributed by atoms with van der Waals surface area (Å²) in [6.07, 6.45) is 4.43. The molecule has 0 aliphatic rings. The highest BCUT2D eigenvalue weighted by Crippen LogP contribution is 2.30. The van der Waals surface area contributed by atoms with Crippen LogP contribution in [-0.4, -0.2) is 34.1 Å². The molecule has 0 amide bonds. The highest BCUT2D eigenvalue weighted by molar-refractivity contribution is 7.78. The highest BCUT2D eigenvalue weighted by Gasteiger charge is 2.22. The van der Waals surface area contributed by atoms with Crippen LogP contribution in [0.1, 0.15) is 28.4 Å². The number of carbonyl (C=O) groups is 1. The number of hydrogen-bond acceptors (Lipinski definition) is 5. The van der Waals surface area contributed by atoms with Gasteiger partial charge >= 0.3 is 0 Å². The lowest BCUT2D eigenvalue weighted by molar-refractivity contribution is 0.103. The van der Waals surface area contributed by atoms with E-state index < -0.39 is 22.4 Å². The molecule has 1 atom stereocenters. The van der Waals surface area contributed by atoms with Crippen LogP contribution >= 0.6 is 11.6 Å². The van der Waals surface area contributed by atoms with Crippen LogP contribution < -0.4 is 5.56 Å². The molecule has 136 valence electrons. The molecule has 2 heterocycles. The molecule has 1 aromatic carbocycles. The average Bonchev–Trinajstić information content (AvgIpc) is 3.23. The van der Waals surface area contributed by atoms with E-state index in [0.29, 0.717) is 12.1 Å². The van der Waals surface area contributed by atoms with Gasteiger partial charge in [0.1, 0.15) is 5.56 Å². The number of benzene rings is 1. The van der Waals surface area contributed by atoms with Crippen LogP contribution in [0, 0.1) is 0 Å². The fourth-order valence-corrected chi connectivity index (χ4v) is 3.47. The molecule has 0 fully saturated rings. The van der Waals surface area contributed by atoms with E-state index in [1.807, 2.05) is 0 Å². The summed E-state index contributed by atoms with van der Waals surface area (Å²) in [6.45, 7) is 2.17. The van der Waals surface area contributed by atoms with Crippen LogP contribution in [0.15, 0.2) is 41.6 Å². The van der Waals surface area contributed by atoms with Gasteiger partial charge in [0.15, 0.2) is 0 Å². The zero-order chi connectivity index (χ0) is 18.8. The van der Waals surface area contributed by atoms with Crippen LogP contribution in [0.3, 0.4) is 0 Å². The molecule has 3 rings (SSSR count). The second-order valence-electron chi connectivity index (χ2n) is 5.40. The maximum absolute atomic E-state index is 12.8. The zero-order valence-electron chi connectivity index (χ0n) is 13.6. The number of hydrogen-bond donors (Lipinski definition) is 1. The molecule has 0 bridgehead atoms. The Labute approximate surface area is 155 Å². The Hall–Kier alpha value is -2.49. The molecule has 0 aliphatic heterocycles. The van der Waals surface area contributed by atoms with Gasteiger partial charge in [0.05, 0.1) is 10.7 Å². The van der Waals surface area contributed by atoms with Gasteiger partial charge in [-0.25, -0.2) is 4.68 Å². The van der Waals surface area contributed by atoms with Gasteiger partial charge in [-0.1, -0.05) is 28.7 Å². The van der Waals surface area contributed by atoms with Gasteiger partial charge in [0.25, 0.3) is 5.56 Å². The number of aromatic nitrogens is 4. The van der Waals surface area contributed by atoms with E-state index >= 15 is 0 Å². The standard InChI is InChI=1S/C16H15ClN4O4S/c1-2-20-16(23)12(8-19-20)15(22)11-5-4-10(9-26(24)25)14(13(11)17)21-7-3-6-18-21/h3-8,19H,2,9H2,1H3,(H,24,25)/p-1. The van der Waals surface area contributed by atoms with Gasteiger partial charge in [0.2, 0.25) is 5.78 Å². The van der Waals surface area contributed by atoms with Gasteiger partial charge in [-0.15, -0.1) is 0 Å². The molecular weight excluding hydrogens is 380 g/mol. The van der Waals surface area contributed by atoms with Crippen molar-refractivity contribution in [3.63, 3.8) is 0 Å². The molecule has 0 aliphatic carbocycles. The second kappa shape index (κ2) is 7.40. The largest absolute Gasteiger partial charge is 0.772 e. The first-order valence-corrected chi connectivity index (χ1v) is 9.26. The number of nitrogens with one attached hydrogen (secondary N) is 1. The zero-order valence-corrected chi connectivity index (χ0v) is 15.2. The molecule has 1 unspecified atom stereocenters. The Balaban J connectivity index is 2.15. The third-order valence-electron chi connectivity index (χ3n) is 3.85. The summed E-state index contributed by atoms with van der Waals surface area (Å²) in [4.78, 5) is 25.0. The third-order valence-corrected chi connectivity index (χ3v) is 4.78. The van der Waals surface area contributed by atoms with Crippen LogP contribution in [0.25, 0.3) is 5.69 Å². The normalized spacial score (nSPS) is 12.3. The van der Waals surface area contributed by atoms with Crippen LogP contribution in [0.5, 0.6) is 0 Å². The van der Waals surface area contributed by atoms with Gasteiger partial charge in [-0.3, -0.25) is 18.5 Å². The van der Waals surface area contributed by atoms with Gasteiger partial charge in [-0.2, -0.15) is 5.10 Å². The van der Waals surface area contributed by atoms with Gasteiger partial charge < -0.3 is 9.65 Å². The van der Waals surface area contributed by atoms with E-state index in [2.05, 4.69) is 10.2 Å². The van der Waals surface area contributed by atoms with E-state index in [4.69, 9.17) is 11.6 Å². The lowest BCUT2D eigenvalue weighted by atomic mass is 10.0. The number of H-pyrrole nitrogens is 1.